The second-order valence-electron chi connectivity index (χ2n) is 3.08. The number of rotatable bonds is 6. The monoisotopic (exact) mass is 160 g/mol. The maximum absolute atomic E-state index is 9.01. The van der Waals surface area contributed by atoms with Gasteiger partial charge in [-0.1, -0.05) is 0 Å². The van der Waals surface area contributed by atoms with Crippen LogP contribution in [0.15, 0.2) is 0 Å². The van der Waals surface area contributed by atoms with Gasteiger partial charge in [-0.25, -0.2) is 0 Å². The fourth-order valence-corrected chi connectivity index (χ4v) is 1.05. The van der Waals surface area contributed by atoms with Gasteiger partial charge in [0.25, 0.3) is 0 Å². The van der Waals surface area contributed by atoms with Gasteiger partial charge in [-0.15, -0.1) is 0 Å². The third-order valence-electron chi connectivity index (χ3n) is 1.57. The lowest BCUT2D eigenvalue weighted by atomic mass is 10.1. The molecule has 2 unspecified atom stereocenters. The standard InChI is InChI=1S/C8H20N2O/c1-7(6-8(2)11)10-5-3-4-9/h7-8,10-11H,3-6,9H2,1-2H3. The van der Waals surface area contributed by atoms with Crippen molar-refractivity contribution in [2.45, 2.75) is 38.8 Å². The summed E-state index contributed by atoms with van der Waals surface area (Å²) in [6, 6.07) is 0.390. The number of hydrogen-bond donors (Lipinski definition) is 3. The predicted octanol–water partition coefficient (Wildman–Crippen LogP) is 0.0842. The van der Waals surface area contributed by atoms with Gasteiger partial charge in [0.05, 0.1) is 6.10 Å². The second-order valence-corrected chi connectivity index (χ2v) is 3.08. The molecule has 0 saturated carbocycles. The number of hydrogen-bond acceptors (Lipinski definition) is 3. The minimum Gasteiger partial charge on any atom is -0.393 e. The van der Waals surface area contributed by atoms with Crippen LogP contribution < -0.4 is 11.1 Å². The Morgan fingerprint density at radius 1 is 1.45 bits per heavy atom. The van der Waals surface area contributed by atoms with Crippen molar-refractivity contribution in [3.05, 3.63) is 0 Å². The molecule has 11 heavy (non-hydrogen) atoms. The van der Waals surface area contributed by atoms with Crippen LogP contribution in [-0.4, -0.2) is 30.3 Å². The molecule has 3 nitrogen and oxygen atoms in total. The van der Waals surface area contributed by atoms with Gasteiger partial charge in [-0.2, -0.15) is 0 Å². The van der Waals surface area contributed by atoms with Gasteiger partial charge >= 0.3 is 0 Å². The molecule has 0 spiro atoms. The first-order valence-electron chi connectivity index (χ1n) is 4.28. The Morgan fingerprint density at radius 3 is 2.55 bits per heavy atom. The van der Waals surface area contributed by atoms with Crippen molar-refractivity contribution in [2.24, 2.45) is 5.73 Å². The SMILES string of the molecule is CC(O)CC(C)NCCCN. The minimum absolute atomic E-state index is 0.213. The fourth-order valence-electron chi connectivity index (χ4n) is 1.05. The smallest absolute Gasteiger partial charge is 0.0526 e. The highest BCUT2D eigenvalue weighted by molar-refractivity contribution is 4.63. The van der Waals surface area contributed by atoms with Gasteiger partial charge < -0.3 is 16.2 Å². The highest BCUT2D eigenvalue weighted by Crippen LogP contribution is 1.95. The minimum atomic E-state index is -0.213. The van der Waals surface area contributed by atoms with Gasteiger partial charge in [0, 0.05) is 6.04 Å². The van der Waals surface area contributed by atoms with Crippen LogP contribution in [0.3, 0.4) is 0 Å². The van der Waals surface area contributed by atoms with E-state index in [-0.39, 0.29) is 6.10 Å². The van der Waals surface area contributed by atoms with Crippen LogP contribution in [0.2, 0.25) is 0 Å². The Kier molecular flexibility index (Phi) is 6.51. The molecule has 0 aromatic rings. The Balaban J connectivity index is 3.15. The number of nitrogens with two attached hydrogens (primary N) is 1. The van der Waals surface area contributed by atoms with E-state index >= 15 is 0 Å². The van der Waals surface area contributed by atoms with Crippen molar-refractivity contribution in [1.29, 1.82) is 0 Å². The summed E-state index contributed by atoms with van der Waals surface area (Å²) in [6.45, 7) is 5.56. The molecule has 0 bridgehead atoms. The molecule has 0 amide bonds. The zero-order chi connectivity index (χ0) is 8.69. The van der Waals surface area contributed by atoms with E-state index in [4.69, 9.17) is 10.8 Å². The lowest BCUT2D eigenvalue weighted by molar-refractivity contribution is 0.171. The van der Waals surface area contributed by atoms with E-state index in [1.165, 1.54) is 0 Å². The van der Waals surface area contributed by atoms with Crippen molar-refractivity contribution < 1.29 is 5.11 Å². The zero-order valence-corrected chi connectivity index (χ0v) is 7.51. The lowest BCUT2D eigenvalue weighted by Gasteiger charge is -2.14. The molecule has 0 radical (unpaired) electrons. The summed E-state index contributed by atoms with van der Waals surface area (Å²) in [7, 11) is 0. The zero-order valence-electron chi connectivity index (χ0n) is 7.51. The van der Waals surface area contributed by atoms with Crippen LogP contribution in [0, 0.1) is 0 Å². The van der Waals surface area contributed by atoms with Gasteiger partial charge in [-0.3, -0.25) is 0 Å². The van der Waals surface area contributed by atoms with Gasteiger partial charge in [0.1, 0.15) is 0 Å². The maximum atomic E-state index is 9.01. The molecule has 0 aliphatic carbocycles. The molecule has 0 aromatic carbocycles. The van der Waals surface area contributed by atoms with E-state index in [1.807, 2.05) is 0 Å². The fraction of sp³-hybridized carbons (Fsp3) is 1.00. The van der Waals surface area contributed by atoms with E-state index < -0.39 is 0 Å². The molecule has 0 aromatic heterocycles. The average Bonchev–Trinajstić information content (AvgIpc) is 1.86. The first-order valence-corrected chi connectivity index (χ1v) is 4.28. The molecule has 0 rings (SSSR count). The molecular weight excluding hydrogens is 140 g/mol. The van der Waals surface area contributed by atoms with E-state index in [1.54, 1.807) is 6.92 Å². The van der Waals surface area contributed by atoms with Crippen LogP contribution >= 0.6 is 0 Å². The Bertz CT molecular complexity index is 86.2. The molecule has 0 saturated heterocycles. The first-order chi connectivity index (χ1) is 5.16. The summed E-state index contributed by atoms with van der Waals surface area (Å²) in [5.74, 6) is 0. The Hall–Kier alpha value is -0.120. The van der Waals surface area contributed by atoms with Crippen molar-refractivity contribution in [2.75, 3.05) is 13.1 Å². The predicted molar refractivity (Wildman–Crippen MR) is 47.4 cm³/mol. The first kappa shape index (κ1) is 10.9. The van der Waals surface area contributed by atoms with Crippen LogP contribution in [0.4, 0.5) is 0 Å². The molecule has 0 heterocycles. The van der Waals surface area contributed by atoms with Crippen LogP contribution in [0.5, 0.6) is 0 Å². The van der Waals surface area contributed by atoms with Gasteiger partial charge in [0.2, 0.25) is 0 Å². The van der Waals surface area contributed by atoms with Crippen molar-refractivity contribution in [3.63, 3.8) is 0 Å². The quantitative estimate of drug-likeness (QED) is 0.482. The summed E-state index contributed by atoms with van der Waals surface area (Å²) < 4.78 is 0. The van der Waals surface area contributed by atoms with E-state index in [0.717, 1.165) is 25.9 Å². The number of aliphatic hydroxyl groups excluding tert-OH is 1. The normalized spacial score (nSPS) is 16.4. The average molecular weight is 160 g/mol. The molecule has 0 aliphatic rings. The highest BCUT2D eigenvalue weighted by Gasteiger charge is 2.03. The number of aliphatic hydroxyl groups is 1. The molecular formula is C8H20N2O. The lowest BCUT2D eigenvalue weighted by Crippen LogP contribution is -2.30. The molecule has 3 heteroatoms. The van der Waals surface area contributed by atoms with E-state index in [2.05, 4.69) is 12.2 Å². The Morgan fingerprint density at radius 2 is 2.09 bits per heavy atom. The van der Waals surface area contributed by atoms with E-state index in [0.29, 0.717) is 6.04 Å². The van der Waals surface area contributed by atoms with Crippen molar-refractivity contribution in [1.82, 2.24) is 5.32 Å². The van der Waals surface area contributed by atoms with Crippen molar-refractivity contribution >= 4 is 0 Å². The third kappa shape index (κ3) is 7.78. The maximum Gasteiger partial charge on any atom is 0.0526 e. The van der Waals surface area contributed by atoms with Gasteiger partial charge in [0.15, 0.2) is 0 Å². The molecule has 68 valence electrons. The Labute approximate surface area is 69.0 Å². The van der Waals surface area contributed by atoms with Gasteiger partial charge in [-0.05, 0) is 39.8 Å². The van der Waals surface area contributed by atoms with E-state index in [9.17, 15) is 0 Å². The molecule has 0 aliphatic heterocycles. The topological polar surface area (TPSA) is 58.3 Å². The van der Waals surface area contributed by atoms with Crippen molar-refractivity contribution in [3.8, 4) is 0 Å². The largest absolute Gasteiger partial charge is 0.393 e. The summed E-state index contributed by atoms with van der Waals surface area (Å²) in [4.78, 5) is 0. The molecule has 2 atom stereocenters. The summed E-state index contributed by atoms with van der Waals surface area (Å²) in [5, 5.41) is 12.3. The van der Waals surface area contributed by atoms with Crippen LogP contribution in [0.25, 0.3) is 0 Å². The summed E-state index contributed by atoms with van der Waals surface area (Å²) in [5.41, 5.74) is 5.33. The highest BCUT2D eigenvalue weighted by atomic mass is 16.3. The molecule has 0 fully saturated rings. The van der Waals surface area contributed by atoms with Crippen LogP contribution in [-0.2, 0) is 0 Å². The molecule has 4 N–H and O–H groups in total. The van der Waals surface area contributed by atoms with Crippen LogP contribution in [0.1, 0.15) is 26.7 Å². The number of nitrogens with one attached hydrogen (secondary N) is 1. The third-order valence-corrected chi connectivity index (χ3v) is 1.57. The summed E-state index contributed by atoms with van der Waals surface area (Å²) >= 11 is 0. The second kappa shape index (κ2) is 6.58. The summed E-state index contributed by atoms with van der Waals surface area (Å²) in [6.07, 6.45) is 1.60.